The van der Waals surface area contributed by atoms with Crippen LogP contribution in [0.15, 0.2) is 9.52 Å². The van der Waals surface area contributed by atoms with E-state index in [9.17, 15) is 13.2 Å². The molecule has 0 aliphatic carbocycles. The summed E-state index contributed by atoms with van der Waals surface area (Å²) in [5.41, 5.74) is 2.03. The molecule has 0 radical (unpaired) electrons. The van der Waals surface area contributed by atoms with Crippen molar-refractivity contribution in [1.82, 2.24) is 20.7 Å². The third kappa shape index (κ3) is 9.54. The van der Waals surface area contributed by atoms with E-state index in [1.165, 1.54) is 4.90 Å². The Morgan fingerprint density at radius 1 is 1.24 bits per heavy atom. The van der Waals surface area contributed by atoms with Crippen LogP contribution >= 0.6 is 24.0 Å². The van der Waals surface area contributed by atoms with E-state index in [-0.39, 0.29) is 24.0 Å². The molecule has 10 heteroatoms. The van der Waals surface area contributed by atoms with Crippen LogP contribution in [-0.4, -0.2) is 61.5 Å². The van der Waals surface area contributed by atoms with Crippen LogP contribution in [0.2, 0.25) is 0 Å². The Hall–Kier alpha value is -1.04. The normalized spacial score (nSPS) is 16.6. The molecule has 1 aromatic heterocycles. The smallest absolute Gasteiger partial charge is 0.361 e. The topological polar surface area (TPSA) is 65.7 Å². The number of aromatic nitrogens is 1. The lowest BCUT2D eigenvalue weighted by atomic mass is 9.93. The van der Waals surface area contributed by atoms with Crippen molar-refractivity contribution in [3.63, 3.8) is 0 Å². The van der Waals surface area contributed by atoms with Crippen LogP contribution in [0.1, 0.15) is 43.2 Å². The average Bonchev–Trinajstić information content (AvgIpc) is 2.94. The first kappa shape index (κ1) is 26.0. The van der Waals surface area contributed by atoms with Gasteiger partial charge in [0.2, 0.25) is 0 Å². The molecule has 168 valence electrons. The van der Waals surface area contributed by atoms with Crippen molar-refractivity contribution < 1.29 is 17.7 Å². The molecule has 0 saturated carbocycles. The first-order valence-electron chi connectivity index (χ1n) is 10.0. The number of piperidine rings is 1. The van der Waals surface area contributed by atoms with E-state index in [4.69, 9.17) is 4.52 Å². The molecule has 29 heavy (non-hydrogen) atoms. The highest BCUT2D eigenvalue weighted by Crippen LogP contribution is 2.24. The molecule has 0 amide bonds. The van der Waals surface area contributed by atoms with Crippen LogP contribution in [-0.2, 0) is 6.42 Å². The lowest BCUT2D eigenvalue weighted by Gasteiger charge is -2.32. The number of nitrogens with zero attached hydrogens (tertiary/aromatic N) is 3. The second-order valence-corrected chi connectivity index (χ2v) is 7.36. The molecule has 1 saturated heterocycles. The highest BCUT2D eigenvalue weighted by molar-refractivity contribution is 14.0. The van der Waals surface area contributed by atoms with Crippen molar-refractivity contribution in [2.45, 2.75) is 52.6 Å². The Morgan fingerprint density at radius 3 is 2.48 bits per heavy atom. The summed E-state index contributed by atoms with van der Waals surface area (Å²) < 4.78 is 42.5. The molecule has 0 unspecified atom stereocenters. The summed E-state index contributed by atoms with van der Waals surface area (Å²) in [6.07, 6.45) is -0.778. The Labute approximate surface area is 188 Å². The van der Waals surface area contributed by atoms with Crippen LogP contribution in [0.5, 0.6) is 0 Å². The monoisotopic (exact) mass is 531 g/mol. The fourth-order valence-electron chi connectivity index (χ4n) is 3.55. The van der Waals surface area contributed by atoms with Gasteiger partial charge in [-0.2, -0.15) is 13.2 Å². The van der Waals surface area contributed by atoms with E-state index in [1.807, 2.05) is 20.8 Å². The Balaban J connectivity index is 0.00000420. The highest BCUT2D eigenvalue weighted by Gasteiger charge is 2.32. The van der Waals surface area contributed by atoms with Crippen molar-refractivity contribution >= 4 is 29.9 Å². The molecular weight excluding hydrogens is 498 g/mol. The number of alkyl halides is 3. The van der Waals surface area contributed by atoms with E-state index in [2.05, 4.69) is 20.8 Å². The lowest BCUT2D eigenvalue weighted by Crippen LogP contribution is -2.40. The maximum absolute atomic E-state index is 12.5. The van der Waals surface area contributed by atoms with Crippen molar-refractivity contribution in [2.75, 3.05) is 39.3 Å². The van der Waals surface area contributed by atoms with Gasteiger partial charge in [0.1, 0.15) is 5.76 Å². The summed E-state index contributed by atoms with van der Waals surface area (Å²) in [7, 11) is 0. The Bertz CT molecular complexity index is 608. The first-order valence-corrected chi connectivity index (χ1v) is 10.0. The molecule has 2 rings (SSSR count). The first-order chi connectivity index (χ1) is 13.3. The molecule has 1 aliphatic rings. The molecule has 1 aromatic rings. The predicted molar refractivity (Wildman–Crippen MR) is 119 cm³/mol. The van der Waals surface area contributed by atoms with Gasteiger partial charge in [0.25, 0.3) is 0 Å². The molecule has 1 aliphatic heterocycles. The van der Waals surface area contributed by atoms with E-state index >= 15 is 0 Å². The van der Waals surface area contributed by atoms with Gasteiger partial charge in [0.05, 0.1) is 12.2 Å². The van der Waals surface area contributed by atoms with Gasteiger partial charge in [-0.1, -0.05) is 5.16 Å². The number of guanidine groups is 1. The molecule has 0 atom stereocenters. The highest BCUT2D eigenvalue weighted by atomic mass is 127. The maximum Gasteiger partial charge on any atom is 0.401 e. The van der Waals surface area contributed by atoms with Gasteiger partial charge in [-0.15, -0.1) is 24.0 Å². The number of aryl methyl sites for hydroxylation is 2. The minimum absolute atomic E-state index is 0. The van der Waals surface area contributed by atoms with Gasteiger partial charge >= 0.3 is 6.18 Å². The molecule has 0 spiro atoms. The summed E-state index contributed by atoms with van der Waals surface area (Å²) in [6.45, 7) is 8.27. The molecule has 2 heterocycles. The van der Waals surface area contributed by atoms with Gasteiger partial charge in [0, 0.05) is 25.2 Å². The maximum atomic E-state index is 12.5. The average molecular weight is 531 g/mol. The SMILES string of the molecule is CCNC(=NCCC1CCN(CC(F)(F)F)CC1)NCCc1c(C)noc1C.I. The number of hydrogen-bond donors (Lipinski definition) is 2. The number of halogens is 4. The summed E-state index contributed by atoms with van der Waals surface area (Å²) in [6, 6.07) is 0. The van der Waals surface area contributed by atoms with Gasteiger partial charge in [-0.3, -0.25) is 9.89 Å². The van der Waals surface area contributed by atoms with Crippen molar-refractivity contribution in [3.05, 3.63) is 17.0 Å². The van der Waals surface area contributed by atoms with Gasteiger partial charge < -0.3 is 15.2 Å². The number of nitrogens with one attached hydrogen (secondary N) is 2. The molecule has 0 bridgehead atoms. The third-order valence-electron chi connectivity index (χ3n) is 5.11. The summed E-state index contributed by atoms with van der Waals surface area (Å²) >= 11 is 0. The van der Waals surface area contributed by atoms with E-state index in [0.29, 0.717) is 25.6 Å². The van der Waals surface area contributed by atoms with Gasteiger partial charge in [0.15, 0.2) is 5.96 Å². The van der Waals surface area contributed by atoms with E-state index in [0.717, 1.165) is 61.7 Å². The van der Waals surface area contributed by atoms with Crippen molar-refractivity contribution in [2.24, 2.45) is 10.9 Å². The largest absolute Gasteiger partial charge is 0.401 e. The van der Waals surface area contributed by atoms with Crippen molar-refractivity contribution in [1.29, 1.82) is 0 Å². The third-order valence-corrected chi connectivity index (χ3v) is 5.11. The quantitative estimate of drug-likeness (QED) is 0.305. The van der Waals surface area contributed by atoms with Gasteiger partial charge in [-0.25, -0.2) is 0 Å². The van der Waals surface area contributed by atoms with Crippen LogP contribution in [0.3, 0.4) is 0 Å². The van der Waals surface area contributed by atoms with Crippen LogP contribution in [0.25, 0.3) is 0 Å². The second-order valence-electron chi connectivity index (χ2n) is 7.36. The number of hydrogen-bond acceptors (Lipinski definition) is 4. The Morgan fingerprint density at radius 2 is 1.93 bits per heavy atom. The zero-order chi connectivity index (χ0) is 20.6. The second kappa shape index (κ2) is 12.6. The molecule has 0 aromatic carbocycles. The van der Waals surface area contributed by atoms with E-state index < -0.39 is 12.7 Å². The summed E-state index contributed by atoms with van der Waals surface area (Å²) in [5.74, 6) is 2.06. The summed E-state index contributed by atoms with van der Waals surface area (Å²) in [4.78, 5) is 6.11. The molecule has 2 N–H and O–H groups in total. The van der Waals surface area contributed by atoms with Crippen LogP contribution in [0, 0.1) is 19.8 Å². The standard InChI is InChI=1S/C19H32F3N5O.HI/c1-4-23-18(25-10-6-17-14(2)26-28-15(17)3)24-9-5-16-7-11-27(12-8-16)13-19(20,21)22;/h16H,4-13H2,1-3H3,(H2,23,24,25);1H. The predicted octanol–water partition coefficient (Wildman–Crippen LogP) is 3.67. The molecule has 6 nitrogen and oxygen atoms in total. The van der Waals surface area contributed by atoms with Crippen molar-refractivity contribution in [3.8, 4) is 0 Å². The van der Waals surface area contributed by atoms with Crippen LogP contribution < -0.4 is 10.6 Å². The van der Waals surface area contributed by atoms with Gasteiger partial charge in [-0.05, 0) is 65.5 Å². The summed E-state index contributed by atoms with van der Waals surface area (Å²) in [5, 5.41) is 10.5. The molecular formula is C19H33F3IN5O. The van der Waals surface area contributed by atoms with E-state index in [1.54, 1.807) is 0 Å². The fourth-order valence-corrected chi connectivity index (χ4v) is 3.55. The number of aliphatic imine (C=N–C) groups is 1. The minimum atomic E-state index is -4.10. The molecule has 1 fully saturated rings. The zero-order valence-corrected chi connectivity index (χ0v) is 19.8. The Kier molecular flexibility index (Phi) is 11.3. The number of likely N-dealkylation sites (tertiary alicyclic amines) is 1. The lowest BCUT2D eigenvalue weighted by molar-refractivity contribution is -0.148. The zero-order valence-electron chi connectivity index (χ0n) is 17.4. The fraction of sp³-hybridized carbons (Fsp3) is 0.789. The van der Waals surface area contributed by atoms with Crippen LogP contribution in [0.4, 0.5) is 13.2 Å². The minimum Gasteiger partial charge on any atom is -0.361 e. The number of rotatable bonds is 8.